The summed E-state index contributed by atoms with van der Waals surface area (Å²) in [5.41, 5.74) is 5.74. The molecule has 1 rings (SSSR count). The van der Waals surface area contributed by atoms with Gasteiger partial charge < -0.3 is 11.1 Å². The van der Waals surface area contributed by atoms with E-state index in [1.807, 2.05) is 0 Å². The monoisotopic (exact) mass is 226 g/mol. The standard InChI is InChI=1S/C14H30N2/c1-11(5-4-6-13(3)15)9-16-10-12(2)14-7-8-14/h11-14,16H,4-10,15H2,1-3H3. The molecule has 3 atom stereocenters. The maximum atomic E-state index is 5.74. The van der Waals surface area contributed by atoms with Gasteiger partial charge in [0.15, 0.2) is 0 Å². The summed E-state index contributed by atoms with van der Waals surface area (Å²) in [4.78, 5) is 0. The molecule has 0 aromatic carbocycles. The third-order valence-electron chi connectivity index (χ3n) is 3.74. The highest BCUT2D eigenvalue weighted by Gasteiger charge is 2.27. The zero-order valence-corrected chi connectivity index (χ0v) is 11.3. The molecular weight excluding hydrogens is 196 g/mol. The van der Waals surface area contributed by atoms with E-state index in [4.69, 9.17) is 5.73 Å². The van der Waals surface area contributed by atoms with Crippen LogP contribution in [-0.4, -0.2) is 19.1 Å². The van der Waals surface area contributed by atoms with Crippen molar-refractivity contribution in [3.63, 3.8) is 0 Å². The van der Waals surface area contributed by atoms with E-state index in [0.717, 1.165) is 17.8 Å². The van der Waals surface area contributed by atoms with Crippen molar-refractivity contribution in [1.82, 2.24) is 5.32 Å². The third kappa shape index (κ3) is 6.49. The third-order valence-corrected chi connectivity index (χ3v) is 3.74. The summed E-state index contributed by atoms with van der Waals surface area (Å²) >= 11 is 0. The Morgan fingerprint density at radius 2 is 1.81 bits per heavy atom. The smallest absolute Gasteiger partial charge is 0.00104 e. The second-order valence-electron chi connectivity index (χ2n) is 5.99. The van der Waals surface area contributed by atoms with Crippen LogP contribution in [0, 0.1) is 17.8 Å². The van der Waals surface area contributed by atoms with Crippen LogP contribution in [0.15, 0.2) is 0 Å². The number of nitrogens with one attached hydrogen (secondary N) is 1. The SMILES string of the molecule is CC(N)CCCC(C)CNCC(C)C1CC1. The van der Waals surface area contributed by atoms with Gasteiger partial charge in [0.25, 0.3) is 0 Å². The van der Waals surface area contributed by atoms with Crippen LogP contribution in [0.2, 0.25) is 0 Å². The lowest BCUT2D eigenvalue weighted by atomic mass is 10.0. The van der Waals surface area contributed by atoms with Gasteiger partial charge in [0.1, 0.15) is 0 Å². The van der Waals surface area contributed by atoms with E-state index in [9.17, 15) is 0 Å². The summed E-state index contributed by atoms with van der Waals surface area (Å²) < 4.78 is 0. The fraction of sp³-hybridized carbons (Fsp3) is 1.00. The van der Waals surface area contributed by atoms with Crippen molar-refractivity contribution >= 4 is 0 Å². The van der Waals surface area contributed by atoms with Gasteiger partial charge in [-0.05, 0) is 63.5 Å². The van der Waals surface area contributed by atoms with Crippen LogP contribution in [0.4, 0.5) is 0 Å². The molecule has 96 valence electrons. The summed E-state index contributed by atoms with van der Waals surface area (Å²) in [5.74, 6) is 2.71. The van der Waals surface area contributed by atoms with Gasteiger partial charge >= 0.3 is 0 Å². The van der Waals surface area contributed by atoms with Crippen LogP contribution >= 0.6 is 0 Å². The number of hydrogen-bond donors (Lipinski definition) is 2. The Hall–Kier alpha value is -0.0800. The van der Waals surface area contributed by atoms with Crippen LogP contribution in [0.3, 0.4) is 0 Å². The van der Waals surface area contributed by atoms with Gasteiger partial charge in [-0.15, -0.1) is 0 Å². The van der Waals surface area contributed by atoms with E-state index in [1.165, 1.54) is 45.2 Å². The molecule has 2 nitrogen and oxygen atoms in total. The summed E-state index contributed by atoms with van der Waals surface area (Å²) in [6.07, 6.45) is 6.69. The van der Waals surface area contributed by atoms with Crippen LogP contribution in [-0.2, 0) is 0 Å². The van der Waals surface area contributed by atoms with E-state index in [0.29, 0.717) is 6.04 Å². The first-order valence-electron chi connectivity index (χ1n) is 7.06. The van der Waals surface area contributed by atoms with Crippen molar-refractivity contribution in [3.8, 4) is 0 Å². The van der Waals surface area contributed by atoms with Gasteiger partial charge in [0.2, 0.25) is 0 Å². The Bertz CT molecular complexity index is 176. The molecule has 0 spiro atoms. The van der Waals surface area contributed by atoms with E-state index in [1.54, 1.807) is 0 Å². The van der Waals surface area contributed by atoms with Crippen molar-refractivity contribution in [3.05, 3.63) is 0 Å². The molecule has 3 N–H and O–H groups in total. The topological polar surface area (TPSA) is 38.0 Å². The summed E-state index contributed by atoms with van der Waals surface area (Å²) in [6, 6.07) is 0.370. The van der Waals surface area contributed by atoms with Crippen molar-refractivity contribution in [2.75, 3.05) is 13.1 Å². The molecule has 1 fully saturated rings. The molecule has 0 aliphatic heterocycles. The molecule has 0 bridgehead atoms. The van der Waals surface area contributed by atoms with Crippen LogP contribution in [0.1, 0.15) is 52.9 Å². The quantitative estimate of drug-likeness (QED) is 0.634. The second kappa shape index (κ2) is 7.29. The lowest BCUT2D eigenvalue weighted by Gasteiger charge is -2.16. The summed E-state index contributed by atoms with van der Waals surface area (Å²) in [6.45, 7) is 9.21. The van der Waals surface area contributed by atoms with Gasteiger partial charge in [0.05, 0.1) is 0 Å². The maximum absolute atomic E-state index is 5.74. The molecule has 1 aliphatic carbocycles. The van der Waals surface area contributed by atoms with E-state index >= 15 is 0 Å². The van der Waals surface area contributed by atoms with Crippen molar-refractivity contribution in [1.29, 1.82) is 0 Å². The first-order valence-corrected chi connectivity index (χ1v) is 7.06. The molecule has 1 saturated carbocycles. The largest absolute Gasteiger partial charge is 0.328 e. The normalized spacial score (nSPS) is 21.8. The average Bonchev–Trinajstić information content (AvgIpc) is 2.99. The highest BCUT2D eigenvalue weighted by atomic mass is 14.9. The molecule has 0 saturated heterocycles. The molecule has 0 heterocycles. The Labute approximate surface area is 101 Å². The van der Waals surface area contributed by atoms with Crippen LogP contribution in [0.5, 0.6) is 0 Å². The zero-order chi connectivity index (χ0) is 12.0. The Kier molecular flexibility index (Phi) is 6.37. The predicted molar refractivity (Wildman–Crippen MR) is 71.4 cm³/mol. The molecule has 3 unspecified atom stereocenters. The maximum Gasteiger partial charge on any atom is 0.00104 e. The van der Waals surface area contributed by atoms with E-state index < -0.39 is 0 Å². The molecular formula is C14H30N2. The fourth-order valence-corrected chi connectivity index (χ4v) is 2.28. The Morgan fingerprint density at radius 1 is 1.12 bits per heavy atom. The van der Waals surface area contributed by atoms with Crippen molar-refractivity contribution in [2.24, 2.45) is 23.5 Å². The van der Waals surface area contributed by atoms with Crippen LogP contribution in [0.25, 0.3) is 0 Å². The highest BCUT2D eigenvalue weighted by Crippen LogP contribution is 2.36. The molecule has 0 radical (unpaired) electrons. The lowest BCUT2D eigenvalue weighted by Crippen LogP contribution is -2.27. The number of hydrogen-bond acceptors (Lipinski definition) is 2. The number of rotatable bonds is 9. The minimum Gasteiger partial charge on any atom is -0.328 e. The van der Waals surface area contributed by atoms with Gasteiger partial charge in [-0.25, -0.2) is 0 Å². The first-order chi connectivity index (χ1) is 7.59. The second-order valence-corrected chi connectivity index (χ2v) is 5.99. The predicted octanol–water partition coefficient (Wildman–Crippen LogP) is 2.78. The minimum atomic E-state index is 0.370. The van der Waals surface area contributed by atoms with Gasteiger partial charge in [0, 0.05) is 6.04 Å². The van der Waals surface area contributed by atoms with E-state index in [-0.39, 0.29) is 0 Å². The molecule has 1 aliphatic rings. The average molecular weight is 226 g/mol. The summed E-state index contributed by atoms with van der Waals surface area (Å²) in [7, 11) is 0. The molecule has 0 aromatic heterocycles. The zero-order valence-electron chi connectivity index (χ0n) is 11.3. The lowest BCUT2D eigenvalue weighted by molar-refractivity contribution is 0.406. The van der Waals surface area contributed by atoms with Crippen molar-refractivity contribution < 1.29 is 0 Å². The highest BCUT2D eigenvalue weighted by molar-refractivity contribution is 4.79. The van der Waals surface area contributed by atoms with Gasteiger partial charge in [-0.2, -0.15) is 0 Å². The van der Waals surface area contributed by atoms with Crippen LogP contribution < -0.4 is 11.1 Å². The molecule has 16 heavy (non-hydrogen) atoms. The molecule has 0 aromatic rings. The minimum absolute atomic E-state index is 0.370. The Balaban J connectivity index is 1.90. The van der Waals surface area contributed by atoms with Crippen molar-refractivity contribution in [2.45, 2.75) is 58.9 Å². The van der Waals surface area contributed by atoms with Gasteiger partial charge in [-0.1, -0.05) is 20.3 Å². The first kappa shape index (κ1) is 14.0. The number of nitrogens with two attached hydrogens (primary N) is 1. The fourth-order valence-electron chi connectivity index (χ4n) is 2.28. The molecule has 0 amide bonds. The molecule has 2 heteroatoms. The Morgan fingerprint density at radius 3 is 2.38 bits per heavy atom. The van der Waals surface area contributed by atoms with Gasteiger partial charge in [-0.3, -0.25) is 0 Å². The van der Waals surface area contributed by atoms with E-state index in [2.05, 4.69) is 26.1 Å². The summed E-state index contributed by atoms with van der Waals surface area (Å²) in [5, 5.41) is 3.61.